The predicted molar refractivity (Wildman–Crippen MR) is 94.4 cm³/mol. The second kappa shape index (κ2) is 7.21. The van der Waals surface area contributed by atoms with Gasteiger partial charge < -0.3 is 11.1 Å². The van der Waals surface area contributed by atoms with Gasteiger partial charge in [-0.3, -0.25) is 4.79 Å². The van der Waals surface area contributed by atoms with E-state index in [0.717, 1.165) is 27.2 Å². The van der Waals surface area contributed by atoms with E-state index in [-0.39, 0.29) is 0 Å². The Kier molecular flexibility index (Phi) is 4.85. The second-order valence-electron chi connectivity index (χ2n) is 5.35. The van der Waals surface area contributed by atoms with Crippen LogP contribution >= 0.6 is 11.3 Å². The molecule has 0 aliphatic heterocycles. The largest absolute Gasteiger partial charge is 0.368 e. The number of hydrogen-bond acceptors (Lipinski definition) is 5. The third-order valence-electron chi connectivity index (χ3n) is 3.68. The first-order chi connectivity index (χ1) is 11.7. The van der Waals surface area contributed by atoms with Crippen molar-refractivity contribution in [1.29, 1.82) is 5.26 Å². The average Bonchev–Trinajstić information content (AvgIpc) is 3.01. The van der Waals surface area contributed by atoms with Gasteiger partial charge in [0.1, 0.15) is 6.04 Å². The van der Waals surface area contributed by atoms with Crippen molar-refractivity contribution in [2.24, 2.45) is 5.73 Å². The Bertz CT molecular complexity index is 862. The van der Waals surface area contributed by atoms with E-state index in [9.17, 15) is 4.79 Å². The van der Waals surface area contributed by atoms with Gasteiger partial charge in [0, 0.05) is 13.0 Å². The zero-order valence-electron chi connectivity index (χ0n) is 12.9. The fraction of sp³-hybridized carbons (Fsp3) is 0.167. The van der Waals surface area contributed by atoms with Crippen LogP contribution in [0.2, 0.25) is 0 Å². The minimum atomic E-state index is -0.577. The van der Waals surface area contributed by atoms with Crippen molar-refractivity contribution in [2.45, 2.75) is 12.5 Å². The lowest BCUT2D eigenvalue weighted by molar-refractivity contribution is -0.120. The molecule has 5 nitrogen and oxygen atoms in total. The summed E-state index contributed by atoms with van der Waals surface area (Å²) < 4.78 is 1.16. The maximum absolute atomic E-state index is 11.7. The molecule has 1 amide bonds. The van der Waals surface area contributed by atoms with Crippen molar-refractivity contribution in [3.63, 3.8) is 0 Å². The second-order valence-corrected chi connectivity index (χ2v) is 6.46. The van der Waals surface area contributed by atoms with Gasteiger partial charge in [-0.1, -0.05) is 24.3 Å². The van der Waals surface area contributed by atoms with E-state index >= 15 is 0 Å². The molecule has 0 spiro atoms. The van der Waals surface area contributed by atoms with Crippen LogP contribution in [0, 0.1) is 11.3 Å². The van der Waals surface area contributed by atoms with Crippen molar-refractivity contribution in [3.8, 4) is 6.07 Å². The molecule has 6 heteroatoms. The van der Waals surface area contributed by atoms with Gasteiger partial charge in [-0.05, 0) is 29.8 Å². The Hall–Kier alpha value is -2.75. The third-order valence-corrected chi connectivity index (χ3v) is 4.78. The summed E-state index contributed by atoms with van der Waals surface area (Å²) in [5.74, 6) is -0.441. The highest BCUT2D eigenvalue weighted by Crippen LogP contribution is 2.22. The number of primary amides is 1. The highest BCUT2D eigenvalue weighted by Gasteiger charge is 2.17. The number of para-hydroxylation sites is 1. The van der Waals surface area contributed by atoms with Gasteiger partial charge in [0.25, 0.3) is 0 Å². The van der Waals surface area contributed by atoms with E-state index in [1.165, 1.54) is 0 Å². The summed E-state index contributed by atoms with van der Waals surface area (Å²) >= 11 is 1.65. The molecule has 0 fully saturated rings. The van der Waals surface area contributed by atoms with Gasteiger partial charge in [-0.15, -0.1) is 11.3 Å². The molecule has 1 aromatic heterocycles. The van der Waals surface area contributed by atoms with Crippen molar-refractivity contribution in [1.82, 2.24) is 10.3 Å². The number of carbonyl (C=O) groups excluding carboxylic acids is 1. The molecule has 1 heterocycles. The van der Waals surface area contributed by atoms with Crippen LogP contribution in [0.25, 0.3) is 10.2 Å². The molecule has 0 saturated heterocycles. The van der Waals surface area contributed by atoms with Crippen LogP contribution in [0.3, 0.4) is 0 Å². The molecule has 1 atom stereocenters. The van der Waals surface area contributed by atoms with Crippen molar-refractivity contribution in [3.05, 3.63) is 64.7 Å². The first-order valence-corrected chi connectivity index (χ1v) is 8.36. The van der Waals surface area contributed by atoms with E-state index in [0.29, 0.717) is 12.1 Å². The van der Waals surface area contributed by atoms with Gasteiger partial charge in [0.15, 0.2) is 0 Å². The van der Waals surface area contributed by atoms with Crippen LogP contribution in [-0.2, 0) is 11.2 Å². The summed E-state index contributed by atoms with van der Waals surface area (Å²) in [4.78, 5) is 16.3. The quantitative estimate of drug-likeness (QED) is 0.723. The molecule has 3 aromatic rings. The number of carbonyl (C=O) groups is 1. The molecule has 0 unspecified atom stereocenters. The van der Waals surface area contributed by atoms with Crippen LogP contribution in [0.4, 0.5) is 0 Å². The number of hydrogen-bond donors (Lipinski definition) is 2. The van der Waals surface area contributed by atoms with Crippen LogP contribution in [0.15, 0.2) is 48.5 Å². The van der Waals surface area contributed by atoms with E-state index in [1.807, 2.05) is 24.3 Å². The molecule has 0 radical (unpaired) electrons. The Morgan fingerprint density at radius 2 is 2.00 bits per heavy atom. The summed E-state index contributed by atoms with van der Waals surface area (Å²) in [7, 11) is 0. The fourth-order valence-corrected chi connectivity index (χ4v) is 3.45. The van der Waals surface area contributed by atoms with Crippen molar-refractivity contribution < 1.29 is 4.79 Å². The summed E-state index contributed by atoms with van der Waals surface area (Å²) in [5.41, 5.74) is 7.80. The minimum absolute atomic E-state index is 0.441. The van der Waals surface area contributed by atoms with Gasteiger partial charge in [0.2, 0.25) is 5.91 Å². The number of aromatic nitrogens is 1. The lowest BCUT2D eigenvalue weighted by Gasteiger charge is -2.15. The molecular formula is C18H16N4OS. The van der Waals surface area contributed by atoms with E-state index in [1.54, 1.807) is 35.6 Å². The molecule has 3 N–H and O–H groups in total. The number of benzene rings is 2. The molecule has 0 saturated carbocycles. The molecule has 120 valence electrons. The first-order valence-electron chi connectivity index (χ1n) is 7.54. The number of thiazole rings is 1. The van der Waals surface area contributed by atoms with Crippen molar-refractivity contribution in [2.75, 3.05) is 6.54 Å². The number of amides is 1. The Balaban J connectivity index is 1.65. The van der Waals surface area contributed by atoms with Crippen LogP contribution in [0.5, 0.6) is 0 Å². The molecule has 0 bridgehead atoms. The number of rotatable bonds is 6. The summed E-state index contributed by atoms with van der Waals surface area (Å²) in [5, 5.41) is 13.0. The van der Waals surface area contributed by atoms with E-state index < -0.39 is 11.9 Å². The number of nitrogens with one attached hydrogen (secondary N) is 1. The van der Waals surface area contributed by atoms with E-state index in [4.69, 9.17) is 11.0 Å². The SMILES string of the molecule is N#Cc1ccc([C@H](NCCc2nc3ccccc3s2)C(N)=O)cc1. The predicted octanol–water partition coefficient (Wildman–Crippen LogP) is 2.53. The topological polar surface area (TPSA) is 91.8 Å². The Labute approximate surface area is 143 Å². The monoisotopic (exact) mass is 336 g/mol. The highest BCUT2D eigenvalue weighted by molar-refractivity contribution is 7.18. The maximum atomic E-state index is 11.7. The highest BCUT2D eigenvalue weighted by atomic mass is 32.1. The van der Waals surface area contributed by atoms with E-state index in [2.05, 4.69) is 16.4 Å². The Morgan fingerprint density at radius 3 is 2.67 bits per heavy atom. The van der Waals surface area contributed by atoms with Crippen LogP contribution in [0.1, 0.15) is 22.2 Å². The lowest BCUT2D eigenvalue weighted by atomic mass is 10.0. The summed E-state index contributed by atoms with van der Waals surface area (Å²) in [6.07, 6.45) is 0.722. The molecule has 0 aliphatic rings. The normalized spacial score (nSPS) is 12.0. The Morgan fingerprint density at radius 1 is 1.25 bits per heavy atom. The van der Waals surface area contributed by atoms with Gasteiger partial charge in [-0.2, -0.15) is 5.26 Å². The molecule has 24 heavy (non-hydrogen) atoms. The van der Waals surface area contributed by atoms with Gasteiger partial charge in [-0.25, -0.2) is 4.98 Å². The third kappa shape index (κ3) is 3.59. The van der Waals surface area contributed by atoms with Gasteiger partial charge in [0.05, 0.1) is 26.9 Å². The van der Waals surface area contributed by atoms with Crippen molar-refractivity contribution >= 4 is 27.5 Å². The van der Waals surface area contributed by atoms with Crippen LogP contribution in [-0.4, -0.2) is 17.4 Å². The molecule has 0 aliphatic carbocycles. The summed E-state index contributed by atoms with van der Waals surface area (Å²) in [6.45, 7) is 0.591. The minimum Gasteiger partial charge on any atom is -0.368 e. The fourth-order valence-electron chi connectivity index (χ4n) is 2.48. The first kappa shape index (κ1) is 16.1. The zero-order valence-corrected chi connectivity index (χ0v) is 13.7. The number of nitrogens with zero attached hydrogens (tertiary/aromatic N) is 2. The number of nitriles is 1. The molecule has 2 aromatic carbocycles. The molecular weight excluding hydrogens is 320 g/mol. The standard InChI is InChI=1S/C18H16N4OS/c19-11-12-5-7-13(8-6-12)17(18(20)23)21-10-9-16-22-14-3-1-2-4-15(14)24-16/h1-8,17,21H,9-10H2,(H2,20,23)/t17-/m0/s1. The smallest absolute Gasteiger partial charge is 0.239 e. The molecule has 3 rings (SSSR count). The average molecular weight is 336 g/mol. The number of fused-ring (bicyclic) bond motifs is 1. The number of nitrogens with two attached hydrogens (primary N) is 1. The van der Waals surface area contributed by atoms with Gasteiger partial charge >= 0.3 is 0 Å². The maximum Gasteiger partial charge on any atom is 0.239 e. The van der Waals surface area contributed by atoms with Crippen LogP contribution < -0.4 is 11.1 Å². The lowest BCUT2D eigenvalue weighted by Crippen LogP contribution is -2.34. The zero-order chi connectivity index (χ0) is 16.9. The summed E-state index contributed by atoms with van der Waals surface area (Å²) in [6, 6.07) is 16.3.